The number of thiophene rings is 1. The van der Waals surface area contributed by atoms with E-state index in [0.29, 0.717) is 24.6 Å². The largest absolute Gasteiger partial charge is 0.494 e. The summed E-state index contributed by atoms with van der Waals surface area (Å²) >= 11 is 1.50. The normalized spacial score (nSPS) is 10.5. The van der Waals surface area contributed by atoms with Gasteiger partial charge in [0, 0.05) is 12.1 Å². The topological polar surface area (TPSA) is 64.4 Å². The Morgan fingerprint density at radius 2 is 2.17 bits per heavy atom. The van der Waals surface area contributed by atoms with Crippen LogP contribution in [0.25, 0.3) is 10.6 Å². The molecule has 0 radical (unpaired) electrons. The van der Waals surface area contributed by atoms with Crippen molar-refractivity contribution in [3.8, 4) is 16.4 Å². The number of para-hydroxylation sites is 1. The van der Waals surface area contributed by atoms with E-state index in [9.17, 15) is 4.79 Å². The SMILES string of the molecule is CCOc1ccccc1CNC(=O)c1ncoc1-c1cccs1. The molecular formula is C17H16N2O3S. The summed E-state index contributed by atoms with van der Waals surface area (Å²) < 4.78 is 10.9. The minimum atomic E-state index is -0.270. The van der Waals surface area contributed by atoms with E-state index in [4.69, 9.17) is 9.15 Å². The lowest BCUT2D eigenvalue weighted by Crippen LogP contribution is -2.24. The van der Waals surface area contributed by atoms with E-state index in [1.54, 1.807) is 0 Å². The Bertz CT molecular complexity index is 781. The average Bonchev–Trinajstić information content (AvgIpc) is 3.24. The van der Waals surface area contributed by atoms with E-state index in [1.807, 2.05) is 48.7 Å². The minimum absolute atomic E-state index is 0.270. The van der Waals surface area contributed by atoms with Crippen molar-refractivity contribution in [3.63, 3.8) is 0 Å². The molecule has 1 aromatic carbocycles. The molecule has 0 spiro atoms. The van der Waals surface area contributed by atoms with Crippen molar-refractivity contribution in [2.75, 3.05) is 6.61 Å². The molecule has 1 amide bonds. The van der Waals surface area contributed by atoms with Gasteiger partial charge < -0.3 is 14.5 Å². The molecule has 0 bridgehead atoms. The highest BCUT2D eigenvalue weighted by atomic mass is 32.1. The third-order valence-electron chi connectivity index (χ3n) is 3.24. The summed E-state index contributed by atoms with van der Waals surface area (Å²) in [6.45, 7) is 2.88. The number of aromatic nitrogens is 1. The van der Waals surface area contributed by atoms with Crippen LogP contribution < -0.4 is 10.1 Å². The van der Waals surface area contributed by atoms with Gasteiger partial charge in [-0.1, -0.05) is 24.3 Å². The maximum atomic E-state index is 12.4. The second-order valence-electron chi connectivity index (χ2n) is 4.73. The number of amides is 1. The molecule has 0 aliphatic carbocycles. The molecule has 0 saturated carbocycles. The van der Waals surface area contributed by atoms with Gasteiger partial charge in [0.05, 0.1) is 11.5 Å². The van der Waals surface area contributed by atoms with Crippen molar-refractivity contribution >= 4 is 17.2 Å². The summed E-state index contributed by atoms with van der Waals surface area (Å²) in [4.78, 5) is 17.3. The first kappa shape index (κ1) is 15.3. The lowest BCUT2D eigenvalue weighted by molar-refractivity contribution is 0.0946. The first-order chi connectivity index (χ1) is 11.3. The van der Waals surface area contributed by atoms with Crippen LogP contribution >= 0.6 is 11.3 Å². The number of hydrogen-bond acceptors (Lipinski definition) is 5. The van der Waals surface area contributed by atoms with Gasteiger partial charge in [-0.15, -0.1) is 11.3 Å². The number of hydrogen-bond donors (Lipinski definition) is 1. The highest BCUT2D eigenvalue weighted by Crippen LogP contribution is 2.27. The van der Waals surface area contributed by atoms with E-state index >= 15 is 0 Å². The van der Waals surface area contributed by atoms with Crippen molar-refractivity contribution in [3.05, 3.63) is 59.4 Å². The number of carbonyl (C=O) groups excluding carboxylic acids is 1. The molecule has 0 atom stereocenters. The van der Waals surface area contributed by atoms with Gasteiger partial charge in [0.2, 0.25) is 0 Å². The third-order valence-corrected chi connectivity index (χ3v) is 4.11. The van der Waals surface area contributed by atoms with Crippen LogP contribution in [-0.2, 0) is 6.54 Å². The summed E-state index contributed by atoms with van der Waals surface area (Å²) in [5.41, 5.74) is 1.21. The van der Waals surface area contributed by atoms with Crippen molar-refractivity contribution in [2.24, 2.45) is 0 Å². The Labute approximate surface area is 137 Å². The van der Waals surface area contributed by atoms with Crippen LogP contribution in [0.2, 0.25) is 0 Å². The first-order valence-corrected chi connectivity index (χ1v) is 8.13. The maximum Gasteiger partial charge on any atom is 0.274 e. The van der Waals surface area contributed by atoms with Gasteiger partial charge in [-0.05, 0) is 24.4 Å². The summed E-state index contributed by atoms with van der Waals surface area (Å²) in [7, 11) is 0. The quantitative estimate of drug-likeness (QED) is 0.749. The average molecular weight is 328 g/mol. The number of nitrogens with zero attached hydrogens (tertiary/aromatic N) is 1. The predicted octanol–water partition coefficient (Wildman–Crippen LogP) is 3.73. The lowest BCUT2D eigenvalue weighted by Gasteiger charge is -2.10. The van der Waals surface area contributed by atoms with E-state index in [2.05, 4.69) is 10.3 Å². The molecule has 0 aliphatic heterocycles. The van der Waals surface area contributed by atoms with E-state index < -0.39 is 0 Å². The monoisotopic (exact) mass is 328 g/mol. The van der Waals surface area contributed by atoms with Crippen LogP contribution in [0.5, 0.6) is 5.75 Å². The molecule has 2 aromatic heterocycles. The second kappa shape index (κ2) is 7.11. The lowest BCUT2D eigenvalue weighted by atomic mass is 10.2. The number of rotatable bonds is 6. The predicted molar refractivity (Wildman–Crippen MR) is 88.6 cm³/mol. The van der Waals surface area contributed by atoms with Crippen LogP contribution in [0.3, 0.4) is 0 Å². The maximum absolute atomic E-state index is 12.4. The number of carbonyl (C=O) groups is 1. The zero-order valence-electron chi connectivity index (χ0n) is 12.6. The Hall–Kier alpha value is -2.60. The van der Waals surface area contributed by atoms with Gasteiger partial charge in [-0.2, -0.15) is 0 Å². The molecule has 23 heavy (non-hydrogen) atoms. The Kier molecular flexibility index (Phi) is 4.73. The van der Waals surface area contributed by atoms with Crippen LogP contribution in [0.4, 0.5) is 0 Å². The summed E-state index contributed by atoms with van der Waals surface area (Å²) in [5.74, 6) is 0.998. The molecule has 1 N–H and O–H groups in total. The van der Waals surface area contributed by atoms with Crippen molar-refractivity contribution in [1.29, 1.82) is 0 Å². The van der Waals surface area contributed by atoms with E-state index in [1.165, 1.54) is 17.7 Å². The van der Waals surface area contributed by atoms with Crippen LogP contribution in [0.15, 0.2) is 52.6 Å². The van der Waals surface area contributed by atoms with Crippen molar-refractivity contribution in [1.82, 2.24) is 10.3 Å². The van der Waals surface area contributed by atoms with Gasteiger partial charge in [-0.3, -0.25) is 4.79 Å². The third kappa shape index (κ3) is 3.43. The Morgan fingerprint density at radius 1 is 1.30 bits per heavy atom. The molecule has 0 aliphatic rings. The van der Waals surface area contributed by atoms with E-state index in [-0.39, 0.29) is 5.91 Å². The van der Waals surface area contributed by atoms with Crippen molar-refractivity contribution in [2.45, 2.75) is 13.5 Å². The van der Waals surface area contributed by atoms with E-state index in [0.717, 1.165) is 16.2 Å². The number of benzene rings is 1. The fourth-order valence-corrected chi connectivity index (χ4v) is 2.91. The Morgan fingerprint density at radius 3 is 2.96 bits per heavy atom. The molecule has 2 heterocycles. The molecule has 3 aromatic rings. The van der Waals surface area contributed by atoms with Gasteiger partial charge in [-0.25, -0.2) is 4.98 Å². The minimum Gasteiger partial charge on any atom is -0.494 e. The van der Waals surface area contributed by atoms with Gasteiger partial charge in [0.25, 0.3) is 5.91 Å². The second-order valence-corrected chi connectivity index (χ2v) is 5.68. The van der Waals surface area contributed by atoms with Crippen LogP contribution in [0.1, 0.15) is 23.0 Å². The molecule has 0 saturated heterocycles. The van der Waals surface area contributed by atoms with Gasteiger partial charge >= 0.3 is 0 Å². The zero-order valence-corrected chi connectivity index (χ0v) is 13.4. The molecule has 0 fully saturated rings. The highest BCUT2D eigenvalue weighted by Gasteiger charge is 2.19. The highest BCUT2D eigenvalue weighted by molar-refractivity contribution is 7.13. The van der Waals surface area contributed by atoms with Crippen LogP contribution in [0, 0.1) is 0 Å². The summed E-state index contributed by atoms with van der Waals surface area (Å²) in [6.07, 6.45) is 1.29. The fourth-order valence-electron chi connectivity index (χ4n) is 2.20. The van der Waals surface area contributed by atoms with Crippen LogP contribution in [-0.4, -0.2) is 17.5 Å². The molecule has 6 heteroatoms. The number of nitrogens with one attached hydrogen (secondary N) is 1. The summed E-state index contributed by atoms with van der Waals surface area (Å²) in [6, 6.07) is 11.4. The smallest absolute Gasteiger partial charge is 0.274 e. The molecule has 118 valence electrons. The molecular weight excluding hydrogens is 312 g/mol. The van der Waals surface area contributed by atoms with Crippen molar-refractivity contribution < 1.29 is 13.9 Å². The van der Waals surface area contributed by atoms with Gasteiger partial charge in [0.1, 0.15) is 5.75 Å². The number of oxazole rings is 1. The van der Waals surface area contributed by atoms with Gasteiger partial charge in [0.15, 0.2) is 17.8 Å². The zero-order chi connectivity index (χ0) is 16.1. The molecule has 5 nitrogen and oxygen atoms in total. The standard InChI is InChI=1S/C17H16N2O3S/c1-2-21-13-7-4-3-6-12(13)10-18-17(20)15-16(22-11-19-15)14-8-5-9-23-14/h3-9,11H,2,10H2,1H3,(H,18,20). The fraction of sp³-hybridized carbons (Fsp3) is 0.176. The molecule has 0 unspecified atom stereocenters. The summed E-state index contributed by atoms with van der Waals surface area (Å²) in [5, 5.41) is 4.79. The first-order valence-electron chi connectivity index (χ1n) is 7.26. The Balaban J connectivity index is 1.73. The number of ether oxygens (including phenoxy) is 1. The molecule has 3 rings (SSSR count).